The normalized spacial score (nSPS) is 17.6. The molecule has 142 valence electrons. The van der Waals surface area contributed by atoms with Gasteiger partial charge in [0.15, 0.2) is 0 Å². The minimum Gasteiger partial charge on any atom is -0.494 e. The lowest BCUT2D eigenvalue weighted by Crippen LogP contribution is -2.42. The topological polar surface area (TPSA) is 48.0 Å². The second-order valence-corrected chi connectivity index (χ2v) is 7.36. The predicted octanol–water partition coefficient (Wildman–Crippen LogP) is 4.32. The molecule has 2 aromatic carbocycles. The maximum absolute atomic E-state index is 13.1. The third-order valence-corrected chi connectivity index (χ3v) is 5.30. The van der Waals surface area contributed by atoms with E-state index in [1.807, 2.05) is 31.2 Å². The maximum atomic E-state index is 13.1. The highest BCUT2D eigenvalue weighted by atomic mass is 35.5. The number of hydrogen-bond acceptors (Lipinski definition) is 4. The fraction of sp³-hybridized carbons (Fsp3) is 0.350. The summed E-state index contributed by atoms with van der Waals surface area (Å²) in [5.74, 6) is -0.960. The summed E-state index contributed by atoms with van der Waals surface area (Å²) in [6.45, 7) is 3.57. The Bertz CT molecular complexity index is 880. The number of hydrogen-bond donors (Lipinski definition) is 0. The van der Waals surface area contributed by atoms with Crippen molar-refractivity contribution in [3.63, 3.8) is 0 Å². The van der Waals surface area contributed by atoms with Crippen LogP contribution in [0.15, 0.2) is 36.4 Å². The van der Waals surface area contributed by atoms with Crippen molar-refractivity contribution in [3.05, 3.63) is 57.6 Å². The van der Waals surface area contributed by atoms with Crippen molar-refractivity contribution < 1.29 is 19.0 Å². The maximum Gasteiger partial charge on any atom is 0.292 e. The zero-order valence-electron chi connectivity index (χ0n) is 14.8. The van der Waals surface area contributed by atoms with Gasteiger partial charge >= 0.3 is 0 Å². The summed E-state index contributed by atoms with van der Waals surface area (Å²) in [4.78, 5) is 14.7. The summed E-state index contributed by atoms with van der Waals surface area (Å²) in [5.41, 5.74) is 2.19. The largest absolute Gasteiger partial charge is 0.494 e. The van der Waals surface area contributed by atoms with E-state index in [0.717, 1.165) is 11.3 Å². The molecule has 1 spiro atoms. The van der Waals surface area contributed by atoms with E-state index in [9.17, 15) is 4.79 Å². The number of benzene rings is 2. The monoisotopic (exact) mass is 407 g/mol. The van der Waals surface area contributed by atoms with Crippen molar-refractivity contribution in [2.24, 2.45) is 0 Å². The van der Waals surface area contributed by atoms with E-state index < -0.39 is 5.79 Å². The molecule has 1 amide bonds. The molecule has 5 nitrogen and oxygen atoms in total. The second kappa shape index (κ2) is 7.32. The van der Waals surface area contributed by atoms with Gasteiger partial charge in [0.25, 0.3) is 11.7 Å². The molecule has 0 saturated carbocycles. The van der Waals surface area contributed by atoms with E-state index in [0.29, 0.717) is 54.1 Å². The number of ether oxygens (including phenoxy) is 3. The lowest BCUT2D eigenvalue weighted by molar-refractivity contribution is -0.180. The van der Waals surface area contributed by atoms with Gasteiger partial charge in [-0.25, -0.2) is 0 Å². The third kappa shape index (κ3) is 3.19. The highest BCUT2D eigenvalue weighted by Gasteiger charge is 2.57. The van der Waals surface area contributed by atoms with E-state index in [2.05, 4.69) is 0 Å². The van der Waals surface area contributed by atoms with Crippen LogP contribution >= 0.6 is 23.2 Å². The molecular weight excluding hydrogens is 389 g/mol. The first-order valence-corrected chi connectivity index (χ1v) is 9.56. The number of fused-ring (bicyclic) bond motifs is 2. The molecule has 27 heavy (non-hydrogen) atoms. The smallest absolute Gasteiger partial charge is 0.292 e. The van der Waals surface area contributed by atoms with Crippen molar-refractivity contribution in [2.75, 3.05) is 31.3 Å². The molecule has 1 saturated heterocycles. The Hall–Kier alpha value is -1.79. The van der Waals surface area contributed by atoms with Crippen LogP contribution in [0.3, 0.4) is 0 Å². The van der Waals surface area contributed by atoms with Gasteiger partial charge in [-0.2, -0.15) is 0 Å². The fourth-order valence-corrected chi connectivity index (χ4v) is 4.05. The average Bonchev–Trinajstić information content (AvgIpc) is 3.22. The third-order valence-electron chi connectivity index (χ3n) is 4.68. The molecule has 2 aromatic rings. The second-order valence-electron chi connectivity index (χ2n) is 6.54. The van der Waals surface area contributed by atoms with E-state index in [1.165, 1.54) is 0 Å². The van der Waals surface area contributed by atoms with Crippen molar-refractivity contribution in [1.82, 2.24) is 0 Å². The molecule has 7 heteroatoms. The molecule has 0 bridgehead atoms. The number of carbonyl (C=O) groups is 1. The number of rotatable bonds is 5. The highest BCUT2D eigenvalue weighted by molar-refractivity contribution is 6.38. The molecular formula is C20H19Cl2NO4. The Morgan fingerprint density at radius 1 is 1.15 bits per heavy atom. The Morgan fingerprint density at radius 2 is 1.89 bits per heavy atom. The Labute approximate surface area is 167 Å². The lowest BCUT2D eigenvalue weighted by Gasteiger charge is -2.22. The summed E-state index contributed by atoms with van der Waals surface area (Å²) >= 11 is 12.8. The van der Waals surface area contributed by atoms with Gasteiger partial charge in [-0.3, -0.25) is 4.79 Å². The van der Waals surface area contributed by atoms with E-state index in [1.54, 1.807) is 17.0 Å². The first-order valence-electron chi connectivity index (χ1n) is 8.81. The quantitative estimate of drug-likeness (QED) is 0.692. The van der Waals surface area contributed by atoms with E-state index >= 15 is 0 Å². The number of amides is 1. The molecule has 2 aliphatic heterocycles. The van der Waals surface area contributed by atoms with Crippen LogP contribution in [0.4, 0.5) is 5.69 Å². The summed E-state index contributed by atoms with van der Waals surface area (Å²) in [7, 11) is 0. The van der Waals surface area contributed by atoms with Crippen molar-refractivity contribution in [1.29, 1.82) is 0 Å². The highest BCUT2D eigenvalue weighted by Crippen LogP contribution is 2.51. The van der Waals surface area contributed by atoms with Gasteiger partial charge in [0.2, 0.25) is 0 Å². The molecule has 0 aliphatic carbocycles. The Balaban J connectivity index is 1.52. The Kier molecular flexibility index (Phi) is 5.03. The zero-order chi connectivity index (χ0) is 19.0. The van der Waals surface area contributed by atoms with E-state index in [4.69, 9.17) is 37.4 Å². The molecule has 0 radical (unpaired) electrons. The molecule has 1 fully saturated rings. The van der Waals surface area contributed by atoms with Crippen molar-refractivity contribution in [3.8, 4) is 5.75 Å². The predicted molar refractivity (Wildman–Crippen MR) is 104 cm³/mol. The zero-order valence-corrected chi connectivity index (χ0v) is 16.3. The number of aryl methyl sites for hydroxylation is 1. The Morgan fingerprint density at radius 3 is 2.63 bits per heavy atom. The minimum atomic E-state index is -1.48. The van der Waals surface area contributed by atoms with E-state index in [-0.39, 0.29) is 5.91 Å². The molecule has 2 aliphatic rings. The fourth-order valence-electron chi connectivity index (χ4n) is 3.52. The van der Waals surface area contributed by atoms with Crippen LogP contribution in [0.1, 0.15) is 17.5 Å². The molecule has 0 aromatic heterocycles. The summed E-state index contributed by atoms with van der Waals surface area (Å²) in [5, 5.41) is 0.849. The minimum absolute atomic E-state index is 0.291. The molecule has 0 unspecified atom stereocenters. The molecule has 0 atom stereocenters. The van der Waals surface area contributed by atoms with Gasteiger partial charge in [-0.15, -0.1) is 0 Å². The molecule has 4 rings (SSSR count). The van der Waals surface area contributed by atoms with Gasteiger partial charge < -0.3 is 19.1 Å². The molecule has 0 N–H and O–H groups in total. The number of anilines is 1. The summed E-state index contributed by atoms with van der Waals surface area (Å²) in [6.07, 6.45) is 0.623. The summed E-state index contributed by atoms with van der Waals surface area (Å²) < 4.78 is 17.2. The van der Waals surface area contributed by atoms with Crippen LogP contribution in [-0.4, -0.2) is 32.3 Å². The SMILES string of the molecule is Cc1cccc(OCCCN2C(=O)C3(OCCO3)c3c(Cl)ccc(Cl)c32)c1. The van der Waals surface area contributed by atoms with Crippen LogP contribution in [0.25, 0.3) is 0 Å². The van der Waals surface area contributed by atoms with Crippen molar-refractivity contribution >= 4 is 34.8 Å². The van der Waals surface area contributed by atoms with Crippen LogP contribution < -0.4 is 9.64 Å². The first kappa shape index (κ1) is 18.6. The van der Waals surface area contributed by atoms with Gasteiger partial charge in [-0.05, 0) is 43.2 Å². The van der Waals surface area contributed by atoms with Gasteiger partial charge in [-0.1, -0.05) is 35.3 Å². The number of nitrogens with zero attached hydrogens (tertiary/aromatic N) is 1. The number of carbonyl (C=O) groups excluding carboxylic acids is 1. The van der Waals surface area contributed by atoms with Gasteiger partial charge in [0, 0.05) is 6.54 Å². The van der Waals surface area contributed by atoms with Crippen LogP contribution in [0, 0.1) is 6.92 Å². The van der Waals surface area contributed by atoms with Gasteiger partial charge in [0.1, 0.15) is 5.75 Å². The first-order chi connectivity index (χ1) is 13.0. The van der Waals surface area contributed by atoms with Crippen molar-refractivity contribution in [2.45, 2.75) is 19.1 Å². The van der Waals surface area contributed by atoms with Crippen LogP contribution in [0.2, 0.25) is 10.0 Å². The lowest BCUT2D eigenvalue weighted by atomic mass is 10.1. The summed E-state index contributed by atoms with van der Waals surface area (Å²) in [6, 6.07) is 11.2. The van der Waals surface area contributed by atoms with Crippen LogP contribution in [-0.2, 0) is 20.1 Å². The standard InChI is InChI=1S/C20H19Cl2NO4/c1-13-4-2-5-14(12-13)25-9-3-8-23-18-16(22)7-6-15(21)17(18)20(19(23)24)26-10-11-27-20/h2,4-7,12H,3,8-11H2,1H3. The average molecular weight is 408 g/mol. The molecule has 2 heterocycles. The van der Waals surface area contributed by atoms with Gasteiger partial charge in [0.05, 0.1) is 41.1 Å². The van der Waals surface area contributed by atoms with Crippen LogP contribution in [0.5, 0.6) is 5.75 Å². The number of halogens is 2.